The van der Waals surface area contributed by atoms with Gasteiger partial charge in [-0.2, -0.15) is 18.3 Å². The van der Waals surface area contributed by atoms with Crippen molar-refractivity contribution >= 4 is 38.5 Å². The second kappa shape index (κ2) is 6.20. The fourth-order valence-corrected chi connectivity index (χ4v) is 1.74. The van der Waals surface area contributed by atoms with Crippen LogP contribution in [0.2, 0.25) is 0 Å². The average molecular weight is 413 g/mol. The summed E-state index contributed by atoms with van der Waals surface area (Å²) in [6, 6.07) is 0. The van der Waals surface area contributed by atoms with Gasteiger partial charge < -0.3 is 4.74 Å². The molecule has 0 N–H and O–H groups in total. The van der Waals surface area contributed by atoms with Crippen molar-refractivity contribution in [2.45, 2.75) is 19.1 Å². The van der Waals surface area contributed by atoms with Crippen LogP contribution in [0.3, 0.4) is 0 Å². The molecule has 0 unspecified atom stereocenters. The van der Waals surface area contributed by atoms with E-state index in [1.165, 1.54) is 0 Å². The summed E-state index contributed by atoms with van der Waals surface area (Å²) in [5, 5.41) is 4.14. The largest absolute Gasteiger partial charge is 0.411 e. The van der Waals surface area contributed by atoms with Gasteiger partial charge in [0, 0.05) is 19.3 Å². The van der Waals surface area contributed by atoms with Crippen LogP contribution in [0.1, 0.15) is 6.42 Å². The predicted molar refractivity (Wildman–Crippen MR) is 64.1 cm³/mol. The van der Waals surface area contributed by atoms with Gasteiger partial charge in [0.15, 0.2) is 0 Å². The van der Waals surface area contributed by atoms with Crippen molar-refractivity contribution < 1.29 is 17.9 Å². The highest BCUT2D eigenvalue weighted by Gasteiger charge is 2.27. The van der Waals surface area contributed by atoms with Crippen LogP contribution < -0.4 is 0 Å². The minimum Gasteiger partial charge on any atom is -0.372 e. The number of hydrogen-bond donors (Lipinski definition) is 0. The number of aryl methyl sites for hydroxylation is 1. The molecule has 8 heteroatoms. The Labute approximate surface area is 113 Å². The number of halogens is 5. The van der Waals surface area contributed by atoms with Crippen LogP contribution in [0.5, 0.6) is 0 Å². The summed E-state index contributed by atoms with van der Waals surface area (Å²) >= 11 is 5.36. The lowest BCUT2D eigenvalue weighted by Crippen LogP contribution is -2.17. The number of alkyl halides is 3. The quantitative estimate of drug-likeness (QED) is 0.548. The van der Waals surface area contributed by atoms with Crippen LogP contribution in [-0.4, -0.2) is 29.2 Å². The molecule has 0 saturated heterocycles. The van der Waals surface area contributed by atoms with E-state index in [9.17, 15) is 13.2 Å². The topological polar surface area (TPSA) is 27.1 Å². The molecule has 3 nitrogen and oxygen atoms in total. The van der Waals surface area contributed by atoms with Crippen LogP contribution in [-0.2, 0) is 11.3 Å². The Kier molecular flexibility index (Phi) is 5.51. The molecule has 1 rings (SSSR count). The van der Waals surface area contributed by atoms with E-state index in [2.05, 4.69) is 48.4 Å². The van der Waals surface area contributed by atoms with Gasteiger partial charge in [-0.05, 0) is 44.9 Å². The molecule has 16 heavy (non-hydrogen) atoms. The molecular formula is C8H9BrF3IN2O. The van der Waals surface area contributed by atoms with E-state index in [0.29, 0.717) is 13.0 Å². The lowest BCUT2D eigenvalue weighted by atomic mass is 10.4. The molecule has 0 aliphatic heterocycles. The molecule has 0 radical (unpaired) electrons. The van der Waals surface area contributed by atoms with Gasteiger partial charge in [-0.15, -0.1) is 0 Å². The summed E-state index contributed by atoms with van der Waals surface area (Å²) in [6.07, 6.45) is -1.96. The van der Waals surface area contributed by atoms with Crippen LogP contribution in [0.25, 0.3) is 0 Å². The molecule has 1 aromatic heterocycles. The van der Waals surface area contributed by atoms with Crippen LogP contribution in [0, 0.1) is 3.70 Å². The van der Waals surface area contributed by atoms with Crippen LogP contribution >= 0.6 is 38.5 Å². The van der Waals surface area contributed by atoms with Gasteiger partial charge in [-0.3, -0.25) is 4.68 Å². The smallest absolute Gasteiger partial charge is 0.372 e. The maximum atomic E-state index is 11.7. The minimum absolute atomic E-state index is 0.0770. The normalized spacial score (nSPS) is 12.1. The zero-order valence-electron chi connectivity index (χ0n) is 8.10. The van der Waals surface area contributed by atoms with Gasteiger partial charge in [0.05, 0.1) is 4.47 Å². The molecule has 0 saturated carbocycles. The number of ether oxygens (including phenoxy) is 1. The standard InChI is InChI=1S/C8H9BrF3IN2O/c9-6-4-15(14-7(6)13)2-1-3-16-5-8(10,11)12/h4H,1-3,5H2. The van der Waals surface area contributed by atoms with E-state index in [-0.39, 0.29) is 6.61 Å². The summed E-state index contributed by atoms with van der Waals surface area (Å²) in [6.45, 7) is -0.569. The van der Waals surface area contributed by atoms with Gasteiger partial charge in [-0.25, -0.2) is 0 Å². The van der Waals surface area contributed by atoms with Crippen molar-refractivity contribution in [3.05, 3.63) is 14.4 Å². The second-order valence-electron chi connectivity index (χ2n) is 3.05. The van der Waals surface area contributed by atoms with Gasteiger partial charge in [-0.1, -0.05) is 0 Å². The molecule has 1 aromatic rings. The van der Waals surface area contributed by atoms with Crippen molar-refractivity contribution in [2.24, 2.45) is 0 Å². The van der Waals surface area contributed by atoms with E-state index < -0.39 is 12.8 Å². The Hall–Kier alpha value is 0.170. The molecule has 0 atom stereocenters. The Bertz CT molecular complexity index is 323. The van der Waals surface area contributed by atoms with E-state index in [1.807, 2.05) is 0 Å². The number of nitrogens with zero attached hydrogens (tertiary/aromatic N) is 2. The zero-order chi connectivity index (χ0) is 12.2. The third-order valence-corrected chi connectivity index (χ3v) is 3.74. The summed E-state index contributed by atoms with van der Waals surface area (Å²) < 4.78 is 43.0. The van der Waals surface area contributed by atoms with E-state index >= 15 is 0 Å². The highest BCUT2D eigenvalue weighted by atomic mass is 127. The summed E-state index contributed by atoms with van der Waals surface area (Å²) in [5.41, 5.74) is 0. The first-order chi connectivity index (χ1) is 7.38. The molecule has 0 bridgehead atoms. The summed E-state index contributed by atoms with van der Waals surface area (Å²) in [4.78, 5) is 0. The number of hydrogen-bond acceptors (Lipinski definition) is 2. The van der Waals surface area contributed by atoms with Gasteiger partial charge >= 0.3 is 6.18 Å². The molecule has 0 aliphatic rings. The van der Waals surface area contributed by atoms with Gasteiger partial charge in [0.2, 0.25) is 0 Å². The van der Waals surface area contributed by atoms with Gasteiger partial charge in [0.25, 0.3) is 0 Å². The third-order valence-electron chi connectivity index (χ3n) is 1.62. The molecule has 0 spiro atoms. The number of aromatic nitrogens is 2. The molecule has 0 fully saturated rings. The first kappa shape index (κ1) is 14.2. The fraction of sp³-hybridized carbons (Fsp3) is 0.625. The Morgan fingerprint density at radius 1 is 1.50 bits per heavy atom. The maximum absolute atomic E-state index is 11.7. The highest BCUT2D eigenvalue weighted by molar-refractivity contribution is 14.1. The van der Waals surface area contributed by atoms with E-state index in [1.54, 1.807) is 10.9 Å². The Balaban J connectivity index is 2.16. The minimum atomic E-state index is -4.25. The van der Waals surface area contributed by atoms with Gasteiger partial charge in [0.1, 0.15) is 10.3 Å². The van der Waals surface area contributed by atoms with Crippen molar-refractivity contribution in [3.8, 4) is 0 Å². The molecular weight excluding hydrogens is 404 g/mol. The van der Waals surface area contributed by atoms with Crippen molar-refractivity contribution in [2.75, 3.05) is 13.2 Å². The fourth-order valence-electron chi connectivity index (χ4n) is 1.00. The average Bonchev–Trinajstić information content (AvgIpc) is 2.44. The van der Waals surface area contributed by atoms with Crippen LogP contribution in [0.4, 0.5) is 13.2 Å². The van der Waals surface area contributed by atoms with Crippen molar-refractivity contribution in [1.82, 2.24) is 9.78 Å². The Morgan fingerprint density at radius 3 is 2.69 bits per heavy atom. The lowest BCUT2D eigenvalue weighted by Gasteiger charge is -2.07. The molecule has 1 heterocycles. The zero-order valence-corrected chi connectivity index (χ0v) is 11.8. The van der Waals surface area contributed by atoms with Crippen LogP contribution in [0.15, 0.2) is 10.7 Å². The summed E-state index contributed by atoms with van der Waals surface area (Å²) in [5.74, 6) is 0. The Morgan fingerprint density at radius 2 is 2.19 bits per heavy atom. The predicted octanol–water partition coefficient (Wildman–Crippen LogP) is 3.22. The SMILES string of the molecule is FC(F)(F)COCCCn1cc(Br)c(I)n1. The summed E-state index contributed by atoms with van der Waals surface area (Å²) in [7, 11) is 0. The maximum Gasteiger partial charge on any atom is 0.411 e. The molecule has 0 amide bonds. The first-order valence-electron chi connectivity index (χ1n) is 4.41. The van der Waals surface area contributed by atoms with Crippen molar-refractivity contribution in [3.63, 3.8) is 0 Å². The molecule has 0 aliphatic carbocycles. The highest BCUT2D eigenvalue weighted by Crippen LogP contribution is 2.17. The molecule has 92 valence electrons. The third kappa shape index (κ3) is 5.48. The van der Waals surface area contributed by atoms with E-state index in [0.717, 1.165) is 8.17 Å². The van der Waals surface area contributed by atoms with Crippen molar-refractivity contribution in [1.29, 1.82) is 0 Å². The monoisotopic (exact) mass is 412 g/mol. The lowest BCUT2D eigenvalue weighted by molar-refractivity contribution is -0.174. The second-order valence-corrected chi connectivity index (χ2v) is 4.93. The number of rotatable bonds is 5. The first-order valence-corrected chi connectivity index (χ1v) is 6.28. The van der Waals surface area contributed by atoms with E-state index in [4.69, 9.17) is 0 Å². The molecule has 0 aromatic carbocycles.